The average Bonchev–Trinajstić information content (AvgIpc) is 3.73. The van der Waals surface area contributed by atoms with E-state index in [1.54, 1.807) is 23.7 Å². The SMILES string of the molecule is CN(CCCc1cnc(N2CCC(c3c[nH]c4nnc(-c5ccccc5O)cc34)CC2)nc1)CCCc1ccc2c(c1)n(C)c(=O)n2C1CCC(=O)NC1=O. The van der Waals surface area contributed by atoms with Gasteiger partial charge in [0.05, 0.1) is 16.7 Å². The number of aryl methyl sites for hydroxylation is 3. The normalized spacial score (nSPS) is 16.8. The lowest BCUT2D eigenvalue weighted by Gasteiger charge is -2.32. The number of fused-ring (bicyclic) bond motifs is 2. The Morgan fingerprint density at radius 2 is 1.64 bits per heavy atom. The van der Waals surface area contributed by atoms with Crippen molar-refractivity contribution in [1.29, 1.82) is 0 Å². The fourth-order valence-corrected chi connectivity index (χ4v) is 8.14. The molecule has 0 spiro atoms. The largest absolute Gasteiger partial charge is 0.507 e. The lowest BCUT2D eigenvalue weighted by Crippen LogP contribution is -2.44. The smallest absolute Gasteiger partial charge is 0.329 e. The summed E-state index contributed by atoms with van der Waals surface area (Å²) in [5, 5.41) is 22.5. The number of hydrogen-bond acceptors (Lipinski definition) is 10. The second kappa shape index (κ2) is 15.5. The number of imidazole rings is 1. The van der Waals surface area contributed by atoms with E-state index >= 15 is 0 Å². The van der Waals surface area contributed by atoms with Gasteiger partial charge in [0.1, 0.15) is 11.8 Å². The van der Waals surface area contributed by atoms with Crippen molar-refractivity contribution in [2.75, 3.05) is 38.1 Å². The standard InChI is InChI=1S/C41H46N10O4/c1-48(17-5-7-26-11-12-33-35(21-26)49(2)41(55)51(33)34-13-14-37(53)45-39(34)54)18-6-8-27-23-43-40(44-24-27)50-19-15-28(16-20-50)31-25-42-38-30(31)22-32(46-47-38)29-9-3-4-10-36(29)52/h3-4,9-12,21-25,28,34,52H,5-8,13-20H2,1-2H3,(H,42,47)(H,45,53,54). The minimum Gasteiger partial charge on any atom is -0.507 e. The van der Waals surface area contributed by atoms with E-state index in [-0.39, 0.29) is 23.8 Å². The molecule has 2 fully saturated rings. The monoisotopic (exact) mass is 742 g/mol. The summed E-state index contributed by atoms with van der Waals surface area (Å²) in [5.74, 6) is 0.628. The number of rotatable bonds is 12. The molecule has 284 valence electrons. The van der Waals surface area contributed by atoms with Crippen LogP contribution in [0, 0.1) is 0 Å². The highest BCUT2D eigenvalue weighted by atomic mass is 16.3. The summed E-state index contributed by atoms with van der Waals surface area (Å²) in [5.41, 5.74) is 6.86. The number of benzene rings is 2. The topological polar surface area (TPSA) is 167 Å². The van der Waals surface area contributed by atoms with Crippen molar-refractivity contribution >= 4 is 39.8 Å². The Bertz CT molecular complexity index is 2410. The highest BCUT2D eigenvalue weighted by Crippen LogP contribution is 2.36. The third kappa shape index (κ3) is 7.46. The third-order valence-corrected chi connectivity index (χ3v) is 11.2. The molecule has 2 amide bonds. The number of imide groups is 1. The summed E-state index contributed by atoms with van der Waals surface area (Å²) >= 11 is 0. The summed E-state index contributed by atoms with van der Waals surface area (Å²) < 4.78 is 3.11. The summed E-state index contributed by atoms with van der Waals surface area (Å²) in [4.78, 5) is 54.6. The van der Waals surface area contributed by atoms with E-state index in [1.807, 2.05) is 48.8 Å². The number of nitrogens with zero attached hydrogens (tertiary/aromatic N) is 8. The molecule has 14 heteroatoms. The zero-order valence-electron chi connectivity index (χ0n) is 31.2. The Kier molecular flexibility index (Phi) is 10.1. The van der Waals surface area contributed by atoms with Crippen molar-refractivity contribution in [3.8, 4) is 17.0 Å². The van der Waals surface area contributed by atoms with Gasteiger partial charge in [-0.3, -0.25) is 24.0 Å². The quantitative estimate of drug-likeness (QED) is 0.151. The number of carbonyl (C=O) groups excluding carboxylic acids is 2. The van der Waals surface area contributed by atoms with Gasteiger partial charge in [-0.2, -0.15) is 0 Å². The van der Waals surface area contributed by atoms with E-state index in [1.165, 1.54) is 10.1 Å². The molecule has 0 aliphatic carbocycles. The van der Waals surface area contributed by atoms with Crippen molar-refractivity contribution in [3.63, 3.8) is 0 Å². The Hall–Kier alpha value is -5.89. The number of phenols is 1. The maximum Gasteiger partial charge on any atom is 0.329 e. The molecule has 0 radical (unpaired) electrons. The first-order valence-electron chi connectivity index (χ1n) is 19.1. The lowest BCUT2D eigenvalue weighted by atomic mass is 9.89. The van der Waals surface area contributed by atoms with Crippen LogP contribution in [0.5, 0.6) is 5.75 Å². The first kappa shape index (κ1) is 36.1. The maximum absolute atomic E-state index is 13.1. The van der Waals surface area contributed by atoms with Crippen LogP contribution in [-0.2, 0) is 29.5 Å². The number of phenolic OH excluding ortho intramolecular Hbond substituents is 1. The number of nitrogens with one attached hydrogen (secondary N) is 2. The van der Waals surface area contributed by atoms with Crippen LogP contribution in [0.4, 0.5) is 5.95 Å². The molecule has 4 aromatic heterocycles. The predicted octanol–water partition coefficient (Wildman–Crippen LogP) is 4.63. The summed E-state index contributed by atoms with van der Waals surface area (Å²) in [7, 11) is 3.87. The molecular formula is C41H46N10O4. The molecule has 1 atom stereocenters. The molecule has 2 aliphatic rings. The Morgan fingerprint density at radius 1 is 0.891 bits per heavy atom. The molecule has 8 rings (SSSR count). The highest BCUT2D eigenvalue weighted by Gasteiger charge is 2.31. The van der Waals surface area contributed by atoms with Crippen molar-refractivity contribution in [3.05, 3.63) is 94.3 Å². The number of carbonyl (C=O) groups is 2. The van der Waals surface area contributed by atoms with E-state index in [4.69, 9.17) is 9.97 Å². The van der Waals surface area contributed by atoms with E-state index in [0.717, 1.165) is 98.3 Å². The second-order valence-corrected chi connectivity index (χ2v) is 14.9. The zero-order valence-corrected chi connectivity index (χ0v) is 31.2. The summed E-state index contributed by atoms with van der Waals surface area (Å²) in [6.07, 6.45) is 12.3. The van der Waals surface area contributed by atoms with Gasteiger partial charge in [-0.1, -0.05) is 18.2 Å². The Labute approximate surface area is 318 Å². The zero-order chi connectivity index (χ0) is 38.1. The molecule has 6 heterocycles. The average molecular weight is 743 g/mol. The number of hydrogen-bond donors (Lipinski definition) is 3. The number of anilines is 1. The van der Waals surface area contributed by atoms with Gasteiger partial charge in [-0.05, 0) is 118 Å². The van der Waals surface area contributed by atoms with Gasteiger partial charge in [-0.15, -0.1) is 10.2 Å². The van der Waals surface area contributed by atoms with Gasteiger partial charge < -0.3 is 19.9 Å². The molecule has 0 saturated carbocycles. The highest BCUT2D eigenvalue weighted by molar-refractivity contribution is 6.00. The summed E-state index contributed by atoms with van der Waals surface area (Å²) in [6, 6.07) is 14.5. The van der Waals surface area contributed by atoms with E-state index in [2.05, 4.69) is 43.5 Å². The van der Waals surface area contributed by atoms with E-state index in [0.29, 0.717) is 29.1 Å². The molecule has 0 bridgehead atoms. The predicted molar refractivity (Wildman–Crippen MR) is 210 cm³/mol. The lowest BCUT2D eigenvalue weighted by molar-refractivity contribution is -0.135. The molecular weight excluding hydrogens is 697 g/mol. The number of aromatic nitrogens is 7. The minimum atomic E-state index is -0.677. The second-order valence-electron chi connectivity index (χ2n) is 14.9. The molecule has 14 nitrogen and oxygen atoms in total. The molecule has 2 saturated heterocycles. The number of amides is 2. The van der Waals surface area contributed by atoms with Gasteiger partial charge >= 0.3 is 5.69 Å². The van der Waals surface area contributed by atoms with Gasteiger partial charge in [-0.25, -0.2) is 14.8 Å². The van der Waals surface area contributed by atoms with Gasteiger partial charge in [0.25, 0.3) is 0 Å². The van der Waals surface area contributed by atoms with Gasteiger partial charge in [0, 0.05) is 56.1 Å². The van der Waals surface area contributed by atoms with Gasteiger partial charge in [0.2, 0.25) is 17.8 Å². The number of aromatic amines is 1. The first-order chi connectivity index (χ1) is 26.7. The fraction of sp³-hybridized carbons (Fsp3) is 0.390. The maximum atomic E-state index is 13.1. The number of H-pyrrole nitrogens is 1. The van der Waals surface area contributed by atoms with Crippen LogP contribution < -0.4 is 15.9 Å². The van der Waals surface area contributed by atoms with E-state index < -0.39 is 11.9 Å². The molecule has 6 aromatic rings. The Balaban J connectivity index is 0.788. The molecule has 2 aliphatic heterocycles. The van der Waals surface area contributed by atoms with Crippen molar-refractivity contribution in [2.45, 2.75) is 63.3 Å². The van der Waals surface area contributed by atoms with E-state index in [9.17, 15) is 19.5 Å². The van der Waals surface area contributed by atoms with Crippen molar-refractivity contribution in [1.82, 2.24) is 44.5 Å². The van der Waals surface area contributed by atoms with Crippen molar-refractivity contribution < 1.29 is 14.7 Å². The first-order valence-corrected chi connectivity index (χ1v) is 19.1. The van der Waals surface area contributed by atoms with Crippen molar-refractivity contribution in [2.24, 2.45) is 7.05 Å². The summed E-state index contributed by atoms with van der Waals surface area (Å²) in [6.45, 7) is 3.65. The van der Waals surface area contributed by atoms with Crippen LogP contribution in [0.2, 0.25) is 0 Å². The number of para-hydroxylation sites is 1. The molecule has 1 unspecified atom stereocenters. The fourth-order valence-electron chi connectivity index (χ4n) is 8.14. The van der Waals surface area contributed by atoms with Crippen LogP contribution in [-0.4, -0.2) is 89.3 Å². The van der Waals surface area contributed by atoms with Gasteiger partial charge in [0.15, 0.2) is 5.65 Å². The number of piperidine rings is 2. The third-order valence-electron chi connectivity index (χ3n) is 11.2. The molecule has 55 heavy (non-hydrogen) atoms. The molecule has 2 aromatic carbocycles. The van der Waals surface area contributed by atoms with Crippen LogP contribution in [0.3, 0.4) is 0 Å². The van der Waals surface area contributed by atoms with Crippen LogP contribution >= 0.6 is 0 Å². The van der Waals surface area contributed by atoms with Crippen LogP contribution in [0.1, 0.15) is 67.2 Å². The van der Waals surface area contributed by atoms with Crippen LogP contribution in [0.25, 0.3) is 33.3 Å². The minimum absolute atomic E-state index is 0.193. The Morgan fingerprint density at radius 3 is 2.38 bits per heavy atom. The molecule has 3 N–H and O–H groups in total. The number of aromatic hydroxyl groups is 1. The van der Waals surface area contributed by atoms with Crippen LogP contribution in [0.15, 0.2) is 71.9 Å².